The second-order valence-electron chi connectivity index (χ2n) is 10.2. The maximum absolute atomic E-state index is 13.4. The van der Waals surface area contributed by atoms with Gasteiger partial charge in [-0.15, -0.1) is 11.3 Å². The highest BCUT2D eigenvalue weighted by Gasteiger charge is 2.28. The second-order valence-corrected chi connectivity index (χ2v) is 11.2. The van der Waals surface area contributed by atoms with Crippen LogP contribution in [0.2, 0.25) is 0 Å². The number of carbonyl (C=O) groups is 1. The summed E-state index contributed by atoms with van der Waals surface area (Å²) in [6.45, 7) is 7.23. The zero-order valence-electron chi connectivity index (χ0n) is 21.8. The number of aromatic nitrogens is 2. The Morgan fingerprint density at radius 3 is 2.53 bits per heavy atom. The Bertz CT molecular complexity index is 1250. The van der Waals surface area contributed by atoms with E-state index in [4.69, 9.17) is 19.4 Å². The molecule has 0 radical (unpaired) electrons. The predicted octanol–water partition coefficient (Wildman–Crippen LogP) is 5.14. The van der Waals surface area contributed by atoms with Gasteiger partial charge < -0.3 is 19.3 Å². The van der Waals surface area contributed by atoms with Gasteiger partial charge in [0, 0.05) is 43.5 Å². The Hall–Kier alpha value is -2.87. The van der Waals surface area contributed by atoms with Crippen molar-refractivity contribution in [1.29, 1.82) is 0 Å². The van der Waals surface area contributed by atoms with Gasteiger partial charge in [-0.2, -0.15) is 0 Å². The van der Waals surface area contributed by atoms with Crippen LogP contribution in [0.3, 0.4) is 0 Å². The molecule has 2 aromatic heterocycles. The number of piperazine rings is 1. The molecule has 3 heterocycles. The van der Waals surface area contributed by atoms with Gasteiger partial charge in [-0.1, -0.05) is 20.3 Å². The van der Waals surface area contributed by atoms with Crippen LogP contribution < -0.4 is 14.4 Å². The van der Waals surface area contributed by atoms with Crippen LogP contribution in [0, 0.1) is 5.92 Å². The number of fused-ring (bicyclic) bond motifs is 3. The summed E-state index contributed by atoms with van der Waals surface area (Å²) >= 11 is 1.88. The number of thiophene rings is 1. The number of aryl methyl sites for hydroxylation is 2. The fourth-order valence-corrected chi connectivity index (χ4v) is 6.58. The lowest BCUT2D eigenvalue weighted by Crippen LogP contribution is -2.49. The van der Waals surface area contributed by atoms with Gasteiger partial charge >= 0.3 is 0 Å². The van der Waals surface area contributed by atoms with Crippen LogP contribution in [-0.2, 0) is 19.3 Å². The lowest BCUT2D eigenvalue weighted by molar-refractivity contribution is 0.0743. The molecule has 0 N–H and O–H groups in total. The topological polar surface area (TPSA) is 67.8 Å². The fraction of sp³-hybridized carbons (Fsp3) is 0.536. The first-order valence-corrected chi connectivity index (χ1v) is 13.9. The third-order valence-electron chi connectivity index (χ3n) is 7.19. The molecule has 1 amide bonds. The summed E-state index contributed by atoms with van der Waals surface area (Å²) in [6, 6.07) is 5.36. The van der Waals surface area contributed by atoms with Crippen LogP contribution in [0.5, 0.6) is 11.5 Å². The van der Waals surface area contributed by atoms with E-state index in [0.717, 1.165) is 48.8 Å². The number of rotatable bonds is 6. The molecule has 0 bridgehead atoms. The molecule has 0 atom stereocenters. The van der Waals surface area contributed by atoms with E-state index >= 15 is 0 Å². The summed E-state index contributed by atoms with van der Waals surface area (Å²) in [5, 5.41) is 1.26. The number of anilines is 1. The molecule has 7 nitrogen and oxygen atoms in total. The molecular formula is C28H36N4O3S. The third kappa shape index (κ3) is 4.88. The minimum absolute atomic E-state index is 0.00751. The number of benzene rings is 1. The largest absolute Gasteiger partial charge is 0.497 e. The second kappa shape index (κ2) is 10.6. The minimum atomic E-state index is -0.00751. The normalized spacial score (nSPS) is 16.2. The monoisotopic (exact) mass is 508 g/mol. The molecule has 0 saturated carbocycles. The van der Waals surface area contributed by atoms with Crippen LogP contribution >= 0.6 is 11.3 Å². The molecule has 192 valence electrons. The summed E-state index contributed by atoms with van der Waals surface area (Å²) in [5.41, 5.74) is 2.04. The average molecular weight is 509 g/mol. The van der Waals surface area contributed by atoms with E-state index in [0.29, 0.717) is 36.1 Å². The summed E-state index contributed by atoms with van der Waals surface area (Å²) in [7, 11) is 3.20. The molecule has 0 spiro atoms. The van der Waals surface area contributed by atoms with Crippen molar-refractivity contribution in [3.8, 4) is 11.5 Å². The molecule has 1 aromatic carbocycles. The Morgan fingerprint density at radius 1 is 1.03 bits per heavy atom. The molecule has 8 heteroatoms. The van der Waals surface area contributed by atoms with Crippen LogP contribution in [0.1, 0.15) is 59.7 Å². The lowest BCUT2D eigenvalue weighted by Gasteiger charge is -2.36. The number of hydrogen-bond acceptors (Lipinski definition) is 7. The molecule has 0 unspecified atom stereocenters. The van der Waals surface area contributed by atoms with Gasteiger partial charge in [0.15, 0.2) is 0 Å². The van der Waals surface area contributed by atoms with Gasteiger partial charge in [-0.3, -0.25) is 4.79 Å². The minimum Gasteiger partial charge on any atom is -0.497 e. The molecule has 2 aliphatic rings. The highest BCUT2D eigenvalue weighted by atomic mass is 32.1. The summed E-state index contributed by atoms with van der Waals surface area (Å²) < 4.78 is 10.8. The van der Waals surface area contributed by atoms with E-state index in [1.807, 2.05) is 22.3 Å². The van der Waals surface area contributed by atoms with Gasteiger partial charge in [0.2, 0.25) is 0 Å². The van der Waals surface area contributed by atoms with Gasteiger partial charge in [0.1, 0.15) is 28.0 Å². The molecular weight excluding hydrogens is 472 g/mol. The number of hydrogen-bond donors (Lipinski definition) is 0. The first kappa shape index (κ1) is 24.8. The van der Waals surface area contributed by atoms with Gasteiger partial charge in [0.05, 0.1) is 25.2 Å². The zero-order chi connectivity index (χ0) is 25.2. The predicted molar refractivity (Wildman–Crippen MR) is 145 cm³/mol. The van der Waals surface area contributed by atoms with Crippen molar-refractivity contribution in [3.05, 3.63) is 40.0 Å². The van der Waals surface area contributed by atoms with Crippen molar-refractivity contribution in [3.63, 3.8) is 0 Å². The highest BCUT2D eigenvalue weighted by molar-refractivity contribution is 7.19. The quantitative estimate of drug-likeness (QED) is 0.430. The van der Waals surface area contributed by atoms with Crippen LogP contribution in [0.15, 0.2) is 18.2 Å². The van der Waals surface area contributed by atoms with E-state index in [1.165, 1.54) is 35.1 Å². The Morgan fingerprint density at radius 2 is 1.81 bits per heavy atom. The molecule has 1 saturated heterocycles. The number of methoxy groups -OCH3 is 2. The molecule has 1 fully saturated rings. The van der Waals surface area contributed by atoms with Crippen LogP contribution in [0.25, 0.3) is 10.2 Å². The summed E-state index contributed by atoms with van der Waals surface area (Å²) in [4.78, 5) is 30.4. The molecule has 3 aromatic rings. The average Bonchev–Trinajstić information content (AvgIpc) is 3.07. The van der Waals surface area contributed by atoms with Crippen molar-refractivity contribution >= 4 is 33.3 Å². The Balaban J connectivity index is 1.42. The summed E-state index contributed by atoms with van der Waals surface area (Å²) in [5.74, 6) is 3.72. The maximum Gasteiger partial charge on any atom is 0.257 e. The van der Waals surface area contributed by atoms with Crippen LogP contribution in [-0.4, -0.2) is 61.2 Å². The van der Waals surface area contributed by atoms with Gasteiger partial charge in [-0.25, -0.2) is 9.97 Å². The van der Waals surface area contributed by atoms with Crippen molar-refractivity contribution < 1.29 is 14.3 Å². The number of amides is 1. The molecule has 5 rings (SSSR count). The van der Waals surface area contributed by atoms with Crippen LogP contribution in [0.4, 0.5) is 5.82 Å². The molecule has 1 aliphatic heterocycles. The smallest absolute Gasteiger partial charge is 0.257 e. The fourth-order valence-electron chi connectivity index (χ4n) is 5.31. The van der Waals surface area contributed by atoms with Crippen molar-refractivity contribution in [1.82, 2.24) is 14.9 Å². The van der Waals surface area contributed by atoms with Crippen molar-refractivity contribution in [2.45, 2.75) is 52.4 Å². The molecule has 36 heavy (non-hydrogen) atoms. The Kier molecular flexibility index (Phi) is 7.32. The Labute approximate surface area is 217 Å². The van der Waals surface area contributed by atoms with E-state index in [1.54, 1.807) is 26.4 Å². The van der Waals surface area contributed by atoms with Crippen molar-refractivity contribution in [2.75, 3.05) is 45.3 Å². The SMILES string of the molecule is COc1ccc(C(=O)N2CCN(c3nc(CC(C)C)nc4sc5c(c34)CCCCC5)CC2)c(OC)c1. The summed E-state index contributed by atoms with van der Waals surface area (Å²) in [6.07, 6.45) is 6.93. The zero-order valence-corrected chi connectivity index (χ0v) is 22.6. The standard InChI is InChI=1S/C28H36N4O3S/c1-18(2)16-24-29-26(25-21-8-6-5-7-9-23(21)36-27(25)30-24)31-12-14-32(15-13-31)28(33)20-11-10-19(34-3)17-22(20)35-4/h10-11,17-18H,5-9,12-16H2,1-4H3. The van der Waals surface area contributed by atoms with E-state index in [9.17, 15) is 4.79 Å². The maximum atomic E-state index is 13.4. The highest BCUT2D eigenvalue weighted by Crippen LogP contribution is 2.39. The van der Waals surface area contributed by atoms with E-state index in [2.05, 4.69) is 18.7 Å². The van der Waals surface area contributed by atoms with E-state index < -0.39 is 0 Å². The molecule has 1 aliphatic carbocycles. The number of carbonyl (C=O) groups excluding carboxylic acids is 1. The first-order chi connectivity index (χ1) is 17.5. The number of ether oxygens (including phenoxy) is 2. The third-order valence-corrected chi connectivity index (χ3v) is 8.37. The van der Waals surface area contributed by atoms with Gasteiger partial charge in [-0.05, 0) is 49.3 Å². The van der Waals surface area contributed by atoms with Crippen molar-refractivity contribution in [2.24, 2.45) is 5.92 Å². The van der Waals surface area contributed by atoms with Gasteiger partial charge in [0.25, 0.3) is 5.91 Å². The van der Waals surface area contributed by atoms with E-state index in [-0.39, 0.29) is 5.91 Å². The number of nitrogens with zero attached hydrogens (tertiary/aromatic N) is 4. The first-order valence-electron chi connectivity index (χ1n) is 13.1. The lowest BCUT2D eigenvalue weighted by atomic mass is 10.1.